The van der Waals surface area contributed by atoms with Crippen molar-refractivity contribution >= 4 is 29.3 Å². The molecule has 1 aliphatic rings. The van der Waals surface area contributed by atoms with Crippen molar-refractivity contribution in [1.82, 2.24) is 9.97 Å². The number of hydrogen-bond donors (Lipinski definition) is 2. The van der Waals surface area contributed by atoms with E-state index in [-0.39, 0.29) is 29.0 Å². The minimum Gasteiger partial charge on any atom is -0.493 e. The van der Waals surface area contributed by atoms with Crippen LogP contribution < -0.4 is 10.5 Å². The van der Waals surface area contributed by atoms with Crippen molar-refractivity contribution in [3.63, 3.8) is 0 Å². The number of imide groups is 1. The van der Waals surface area contributed by atoms with Gasteiger partial charge in [-0.2, -0.15) is 4.98 Å². The summed E-state index contributed by atoms with van der Waals surface area (Å²) in [6.45, 7) is 1.92. The second-order valence-electron chi connectivity index (χ2n) is 6.65. The normalized spacial score (nSPS) is 16.4. The molecule has 2 amide bonds. The maximum Gasteiger partial charge on any atom is 0.263 e. The van der Waals surface area contributed by atoms with Gasteiger partial charge in [0.1, 0.15) is 10.8 Å². The Kier molecular flexibility index (Phi) is 4.94. The van der Waals surface area contributed by atoms with Crippen LogP contribution in [0.5, 0.6) is 5.88 Å². The molecule has 0 bridgehead atoms. The van der Waals surface area contributed by atoms with Crippen LogP contribution in [0.15, 0.2) is 64.5 Å². The minimum absolute atomic E-state index is 0.0116. The van der Waals surface area contributed by atoms with E-state index in [9.17, 15) is 19.5 Å². The maximum absolute atomic E-state index is 12.8. The van der Waals surface area contributed by atoms with Gasteiger partial charge in [-0.25, -0.2) is 4.90 Å². The van der Waals surface area contributed by atoms with Crippen molar-refractivity contribution in [2.45, 2.75) is 23.8 Å². The smallest absolute Gasteiger partial charge is 0.263 e. The molecular weight excluding hydrogens is 390 g/mol. The second kappa shape index (κ2) is 7.56. The molecule has 0 radical (unpaired) electrons. The highest BCUT2D eigenvalue weighted by atomic mass is 32.2. The van der Waals surface area contributed by atoms with Gasteiger partial charge in [-0.3, -0.25) is 14.4 Å². The van der Waals surface area contributed by atoms with Crippen molar-refractivity contribution in [1.29, 1.82) is 0 Å². The molecule has 0 aliphatic carbocycles. The van der Waals surface area contributed by atoms with Crippen molar-refractivity contribution in [3.8, 4) is 17.0 Å². The highest BCUT2D eigenvalue weighted by Gasteiger charge is 2.40. The van der Waals surface area contributed by atoms with E-state index in [0.29, 0.717) is 11.3 Å². The van der Waals surface area contributed by atoms with Gasteiger partial charge in [0.2, 0.25) is 17.7 Å². The molecule has 2 aromatic carbocycles. The topological polar surface area (TPSA) is 103 Å². The third kappa shape index (κ3) is 3.66. The number of hydrogen-bond acceptors (Lipinski definition) is 6. The average molecular weight is 407 g/mol. The van der Waals surface area contributed by atoms with E-state index in [2.05, 4.69) is 9.97 Å². The van der Waals surface area contributed by atoms with Crippen LogP contribution in [0.1, 0.15) is 12.0 Å². The summed E-state index contributed by atoms with van der Waals surface area (Å²) in [7, 11) is 0. The predicted molar refractivity (Wildman–Crippen MR) is 110 cm³/mol. The molecule has 1 atom stereocenters. The van der Waals surface area contributed by atoms with E-state index in [4.69, 9.17) is 0 Å². The number of aryl methyl sites for hydroxylation is 1. The highest BCUT2D eigenvalue weighted by molar-refractivity contribution is 8.00. The van der Waals surface area contributed by atoms with Gasteiger partial charge in [-0.05, 0) is 24.6 Å². The largest absolute Gasteiger partial charge is 0.493 e. The Balaban J connectivity index is 1.58. The Morgan fingerprint density at radius 2 is 1.76 bits per heavy atom. The van der Waals surface area contributed by atoms with E-state index in [1.165, 1.54) is 0 Å². The number of H-pyrrole nitrogens is 1. The Morgan fingerprint density at radius 1 is 1.07 bits per heavy atom. The molecule has 4 rings (SSSR count). The number of benzene rings is 2. The Bertz CT molecular complexity index is 1140. The summed E-state index contributed by atoms with van der Waals surface area (Å²) in [5.41, 5.74) is 1.61. The zero-order valence-electron chi connectivity index (χ0n) is 15.5. The van der Waals surface area contributed by atoms with E-state index >= 15 is 0 Å². The zero-order chi connectivity index (χ0) is 20.5. The highest BCUT2D eigenvalue weighted by Crippen LogP contribution is 2.33. The maximum atomic E-state index is 12.8. The Hall–Kier alpha value is -3.39. The third-order valence-corrected chi connectivity index (χ3v) is 5.66. The predicted octanol–water partition coefficient (Wildman–Crippen LogP) is 2.88. The van der Waals surface area contributed by atoms with Gasteiger partial charge in [-0.15, -0.1) is 0 Å². The number of nitrogens with one attached hydrogen (secondary N) is 1. The number of carbonyl (C=O) groups excluding carboxylic acids is 2. The van der Waals surface area contributed by atoms with Crippen LogP contribution in [0.4, 0.5) is 5.69 Å². The van der Waals surface area contributed by atoms with Gasteiger partial charge in [0.25, 0.3) is 5.56 Å². The van der Waals surface area contributed by atoms with E-state index in [0.717, 1.165) is 22.2 Å². The number of rotatable bonds is 4. The molecule has 146 valence electrons. The number of anilines is 1. The van der Waals surface area contributed by atoms with Crippen molar-refractivity contribution in [3.05, 3.63) is 70.5 Å². The van der Waals surface area contributed by atoms with Crippen LogP contribution in [-0.2, 0) is 9.59 Å². The number of aromatic nitrogens is 2. The van der Waals surface area contributed by atoms with E-state index in [1.54, 1.807) is 42.5 Å². The van der Waals surface area contributed by atoms with Crippen LogP contribution in [0, 0.1) is 6.92 Å². The fourth-order valence-electron chi connectivity index (χ4n) is 3.16. The van der Waals surface area contributed by atoms with Crippen molar-refractivity contribution in [2.75, 3.05) is 4.90 Å². The van der Waals surface area contributed by atoms with Gasteiger partial charge in [0, 0.05) is 6.42 Å². The Morgan fingerprint density at radius 3 is 2.41 bits per heavy atom. The van der Waals surface area contributed by atoms with Crippen LogP contribution in [-0.4, -0.2) is 32.1 Å². The van der Waals surface area contributed by atoms with Crippen LogP contribution in [0.2, 0.25) is 0 Å². The SMILES string of the molecule is Cc1ccc(N2C(=O)CC(Sc3nc(O)c(-c4ccccc4)c(=O)[nH]3)C2=O)cc1. The fourth-order valence-corrected chi connectivity index (χ4v) is 4.15. The van der Waals surface area contributed by atoms with Crippen LogP contribution in [0.3, 0.4) is 0 Å². The lowest BCUT2D eigenvalue weighted by Gasteiger charge is -2.15. The number of amides is 2. The summed E-state index contributed by atoms with van der Waals surface area (Å²) in [6, 6.07) is 15.8. The summed E-state index contributed by atoms with van der Waals surface area (Å²) in [4.78, 5) is 45.4. The molecule has 2 heterocycles. The molecule has 0 saturated carbocycles. The number of aromatic hydroxyl groups is 1. The third-order valence-electron chi connectivity index (χ3n) is 4.59. The number of thioether (sulfide) groups is 1. The van der Waals surface area contributed by atoms with Gasteiger partial charge in [-0.1, -0.05) is 59.8 Å². The first-order valence-corrected chi connectivity index (χ1v) is 9.81. The molecule has 2 N–H and O–H groups in total. The standard InChI is InChI=1S/C21H17N3O4S/c1-12-7-9-14(10-8-12)24-16(25)11-15(20(24)28)29-21-22-18(26)17(19(27)23-21)13-5-3-2-4-6-13/h2-10,15H,11H2,1H3,(H2,22,23,26,27). The van der Waals surface area contributed by atoms with Crippen LogP contribution >= 0.6 is 11.8 Å². The summed E-state index contributed by atoms with van der Waals surface area (Å²) >= 11 is 0.958. The number of aromatic amines is 1. The van der Waals surface area contributed by atoms with Crippen molar-refractivity contribution < 1.29 is 14.7 Å². The summed E-state index contributed by atoms with van der Waals surface area (Å²) in [6.07, 6.45) is -0.0116. The quantitative estimate of drug-likeness (QED) is 0.509. The van der Waals surface area contributed by atoms with Gasteiger partial charge < -0.3 is 10.1 Å². The first kappa shape index (κ1) is 18.9. The molecule has 1 saturated heterocycles. The van der Waals surface area contributed by atoms with E-state index < -0.39 is 16.7 Å². The molecule has 7 nitrogen and oxygen atoms in total. The summed E-state index contributed by atoms with van der Waals surface area (Å²) in [5.74, 6) is -1.11. The lowest BCUT2D eigenvalue weighted by Crippen LogP contribution is -2.31. The molecule has 8 heteroatoms. The summed E-state index contributed by atoms with van der Waals surface area (Å²) < 4.78 is 0. The molecule has 1 aromatic heterocycles. The zero-order valence-corrected chi connectivity index (χ0v) is 16.3. The summed E-state index contributed by atoms with van der Waals surface area (Å²) in [5, 5.41) is 9.63. The first-order valence-electron chi connectivity index (χ1n) is 8.93. The molecule has 1 fully saturated rings. The Labute approximate surface area is 170 Å². The number of nitrogens with zero attached hydrogens (tertiary/aromatic N) is 2. The van der Waals surface area contributed by atoms with E-state index in [1.807, 2.05) is 19.1 Å². The van der Waals surface area contributed by atoms with Crippen molar-refractivity contribution in [2.24, 2.45) is 0 Å². The minimum atomic E-state index is -0.728. The van der Waals surface area contributed by atoms with Gasteiger partial charge in [0.15, 0.2) is 5.16 Å². The molecular formula is C21H17N3O4S. The van der Waals surface area contributed by atoms with Gasteiger partial charge in [0.05, 0.1) is 5.69 Å². The molecule has 29 heavy (non-hydrogen) atoms. The average Bonchev–Trinajstić information content (AvgIpc) is 2.96. The monoisotopic (exact) mass is 407 g/mol. The molecule has 1 unspecified atom stereocenters. The second-order valence-corrected chi connectivity index (χ2v) is 7.84. The molecule has 1 aliphatic heterocycles. The van der Waals surface area contributed by atoms with Crippen LogP contribution in [0.25, 0.3) is 11.1 Å². The molecule has 3 aromatic rings. The first-order chi connectivity index (χ1) is 13.9. The molecule has 0 spiro atoms. The number of carbonyl (C=O) groups is 2. The lowest BCUT2D eigenvalue weighted by atomic mass is 10.1. The van der Waals surface area contributed by atoms with Gasteiger partial charge >= 0.3 is 0 Å². The lowest BCUT2D eigenvalue weighted by molar-refractivity contribution is -0.121. The fraction of sp³-hybridized carbons (Fsp3) is 0.143.